The molecular weight excluding hydrogens is 424 g/mol. The molecule has 0 aliphatic carbocycles. The molecule has 90 valence electrons. The fraction of sp³-hybridized carbons (Fsp3) is 0. The number of halogens is 3. The van der Waals surface area contributed by atoms with E-state index < -0.39 is 0 Å². The van der Waals surface area contributed by atoms with Crippen LogP contribution in [0.15, 0.2) is 56.1 Å². The Morgan fingerprint density at radius 3 is 2.56 bits per heavy atom. The number of imidazole rings is 1. The molecule has 0 N–H and O–H groups in total. The fourth-order valence-corrected chi connectivity index (χ4v) is 3.51. The third-order valence-electron chi connectivity index (χ3n) is 2.59. The van der Waals surface area contributed by atoms with E-state index >= 15 is 0 Å². The first-order valence-electron chi connectivity index (χ1n) is 5.23. The van der Waals surface area contributed by atoms with Crippen LogP contribution in [0.25, 0.3) is 16.9 Å². The average Bonchev–Trinajstić information content (AvgIpc) is 2.73. The van der Waals surface area contributed by atoms with Crippen LogP contribution in [-0.4, -0.2) is 9.38 Å². The molecule has 0 fully saturated rings. The number of benzene rings is 1. The van der Waals surface area contributed by atoms with Crippen molar-refractivity contribution < 1.29 is 0 Å². The highest BCUT2D eigenvalue weighted by molar-refractivity contribution is 9.11. The van der Waals surface area contributed by atoms with E-state index in [1.54, 1.807) is 0 Å². The summed E-state index contributed by atoms with van der Waals surface area (Å²) < 4.78 is 5.04. The Hall–Kier alpha value is -0.650. The molecule has 0 aliphatic rings. The topological polar surface area (TPSA) is 17.3 Å². The monoisotopic (exact) mass is 428 g/mol. The van der Waals surface area contributed by atoms with Crippen molar-refractivity contribution >= 4 is 53.4 Å². The summed E-state index contributed by atoms with van der Waals surface area (Å²) in [4.78, 5) is 4.64. The number of hydrogen-bond acceptors (Lipinski definition) is 1. The van der Waals surface area contributed by atoms with Gasteiger partial charge in [-0.25, -0.2) is 4.98 Å². The molecule has 3 rings (SSSR count). The standard InChI is InChI=1S/C13H7Br3N2/c14-9-3-1-2-8(4-9)12-7-18-6-10(15)5-11(16)13(18)17-12/h1-7H. The van der Waals surface area contributed by atoms with Gasteiger partial charge in [0.05, 0.1) is 10.2 Å². The van der Waals surface area contributed by atoms with Crippen LogP contribution in [-0.2, 0) is 0 Å². The molecule has 0 amide bonds. The van der Waals surface area contributed by atoms with Crippen molar-refractivity contribution in [1.82, 2.24) is 9.38 Å². The van der Waals surface area contributed by atoms with Crippen LogP contribution in [0.3, 0.4) is 0 Å². The third kappa shape index (κ3) is 2.27. The summed E-state index contributed by atoms with van der Waals surface area (Å²) in [6.45, 7) is 0. The second-order valence-electron chi connectivity index (χ2n) is 3.87. The van der Waals surface area contributed by atoms with Crippen molar-refractivity contribution in [3.05, 3.63) is 56.1 Å². The second-order valence-corrected chi connectivity index (χ2v) is 6.56. The van der Waals surface area contributed by atoms with Gasteiger partial charge in [0.2, 0.25) is 0 Å². The summed E-state index contributed by atoms with van der Waals surface area (Å²) >= 11 is 10.5. The summed E-state index contributed by atoms with van der Waals surface area (Å²) in [5.74, 6) is 0. The maximum Gasteiger partial charge on any atom is 0.151 e. The number of nitrogens with zero attached hydrogens (tertiary/aromatic N) is 2. The number of rotatable bonds is 1. The Morgan fingerprint density at radius 1 is 0.944 bits per heavy atom. The number of hydrogen-bond donors (Lipinski definition) is 0. The highest BCUT2D eigenvalue weighted by Crippen LogP contribution is 2.27. The van der Waals surface area contributed by atoms with E-state index in [-0.39, 0.29) is 0 Å². The van der Waals surface area contributed by atoms with Crippen molar-refractivity contribution in [2.75, 3.05) is 0 Å². The predicted octanol–water partition coefficient (Wildman–Crippen LogP) is 5.29. The first-order chi connectivity index (χ1) is 8.63. The zero-order valence-electron chi connectivity index (χ0n) is 9.07. The molecule has 2 nitrogen and oxygen atoms in total. The van der Waals surface area contributed by atoms with Gasteiger partial charge in [0.25, 0.3) is 0 Å². The Labute approximate surface area is 129 Å². The smallest absolute Gasteiger partial charge is 0.151 e. The number of fused-ring (bicyclic) bond motifs is 1. The van der Waals surface area contributed by atoms with Crippen molar-refractivity contribution in [3.63, 3.8) is 0 Å². The molecule has 0 radical (unpaired) electrons. The molecule has 2 aromatic heterocycles. The lowest BCUT2D eigenvalue weighted by Gasteiger charge is -1.96. The average molecular weight is 431 g/mol. The largest absolute Gasteiger partial charge is 0.304 e. The summed E-state index contributed by atoms with van der Waals surface area (Å²) in [6.07, 6.45) is 4.02. The van der Waals surface area contributed by atoms with Crippen LogP contribution in [0, 0.1) is 0 Å². The van der Waals surface area contributed by atoms with Gasteiger partial charge in [-0.3, -0.25) is 0 Å². The Bertz CT molecular complexity index is 734. The van der Waals surface area contributed by atoms with E-state index in [9.17, 15) is 0 Å². The highest BCUT2D eigenvalue weighted by atomic mass is 79.9. The predicted molar refractivity (Wildman–Crippen MR) is 83.7 cm³/mol. The van der Waals surface area contributed by atoms with Crippen LogP contribution in [0.2, 0.25) is 0 Å². The molecule has 0 spiro atoms. The van der Waals surface area contributed by atoms with E-state index in [1.807, 2.05) is 35.0 Å². The van der Waals surface area contributed by atoms with Gasteiger partial charge in [-0.2, -0.15) is 0 Å². The minimum absolute atomic E-state index is 0.910. The lowest BCUT2D eigenvalue weighted by molar-refractivity contribution is 1.17. The van der Waals surface area contributed by atoms with Crippen LogP contribution in [0.4, 0.5) is 0 Å². The molecule has 0 saturated carbocycles. The van der Waals surface area contributed by atoms with Crippen LogP contribution >= 0.6 is 47.8 Å². The van der Waals surface area contributed by atoms with Gasteiger partial charge < -0.3 is 4.40 Å². The van der Waals surface area contributed by atoms with Gasteiger partial charge in [0, 0.05) is 26.9 Å². The molecule has 0 bridgehead atoms. The molecule has 0 aliphatic heterocycles. The van der Waals surface area contributed by atoms with Crippen LogP contribution in [0.5, 0.6) is 0 Å². The van der Waals surface area contributed by atoms with Crippen molar-refractivity contribution in [1.29, 1.82) is 0 Å². The first kappa shape index (κ1) is 12.4. The number of aromatic nitrogens is 2. The molecule has 3 aromatic rings. The zero-order valence-corrected chi connectivity index (χ0v) is 13.8. The van der Waals surface area contributed by atoms with E-state index in [0.717, 1.165) is 30.3 Å². The number of pyridine rings is 1. The van der Waals surface area contributed by atoms with E-state index in [0.29, 0.717) is 0 Å². The minimum atomic E-state index is 0.910. The maximum absolute atomic E-state index is 4.64. The van der Waals surface area contributed by atoms with Gasteiger partial charge in [0.15, 0.2) is 5.65 Å². The molecule has 0 atom stereocenters. The van der Waals surface area contributed by atoms with Crippen molar-refractivity contribution in [2.24, 2.45) is 0 Å². The second kappa shape index (κ2) is 4.79. The molecule has 0 unspecified atom stereocenters. The van der Waals surface area contributed by atoms with Gasteiger partial charge in [-0.1, -0.05) is 28.1 Å². The maximum atomic E-state index is 4.64. The highest BCUT2D eigenvalue weighted by Gasteiger charge is 2.08. The van der Waals surface area contributed by atoms with E-state index in [2.05, 4.69) is 64.9 Å². The normalized spacial score (nSPS) is 11.1. The Kier molecular flexibility index (Phi) is 3.30. The van der Waals surface area contributed by atoms with Gasteiger partial charge in [-0.05, 0) is 50.1 Å². The summed E-state index contributed by atoms with van der Waals surface area (Å²) in [5, 5.41) is 0. The van der Waals surface area contributed by atoms with Gasteiger partial charge in [0.1, 0.15) is 0 Å². The van der Waals surface area contributed by atoms with Gasteiger partial charge in [-0.15, -0.1) is 0 Å². The van der Waals surface area contributed by atoms with Crippen molar-refractivity contribution in [2.45, 2.75) is 0 Å². The molecule has 5 heteroatoms. The fourth-order valence-electron chi connectivity index (χ4n) is 1.81. The van der Waals surface area contributed by atoms with E-state index in [1.165, 1.54) is 0 Å². The molecule has 0 saturated heterocycles. The summed E-state index contributed by atoms with van der Waals surface area (Å²) in [5.41, 5.74) is 2.96. The van der Waals surface area contributed by atoms with Crippen LogP contribution in [0.1, 0.15) is 0 Å². The summed E-state index contributed by atoms with van der Waals surface area (Å²) in [6, 6.07) is 10.1. The zero-order chi connectivity index (χ0) is 12.7. The first-order valence-corrected chi connectivity index (χ1v) is 7.61. The lowest BCUT2D eigenvalue weighted by Crippen LogP contribution is -1.83. The van der Waals surface area contributed by atoms with Gasteiger partial charge >= 0.3 is 0 Å². The molecular formula is C13H7Br3N2. The lowest BCUT2D eigenvalue weighted by atomic mass is 10.2. The summed E-state index contributed by atoms with van der Waals surface area (Å²) in [7, 11) is 0. The quantitative estimate of drug-likeness (QED) is 0.512. The Balaban J connectivity index is 2.22. The molecule has 18 heavy (non-hydrogen) atoms. The molecule has 2 heterocycles. The third-order valence-corrected chi connectivity index (χ3v) is 4.10. The Morgan fingerprint density at radius 2 is 1.78 bits per heavy atom. The molecule has 1 aromatic carbocycles. The van der Waals surface area contributed by atoms with E-state index in [4.69, 9.17) is 0 Å². The SMILES string of the molecule is Brc1cccc(-c2cn3cc(Br)cc(Br)c3n2)c1. The van der Waals surface area contributed by atoms with Crippen LogP contribution < -0.4 is 0 Å². The van der Waals surface area contributed by atoms with Crippen molar-refractivity contribution in [3.8, 4) is 11.3 Å². The minimum Gasteiger partial charge on any atom is -0.304 e.